The van der Waals surface area contributed by atoms with Gasteiger partial charge in [-0.25, -0.2) is 0 Å². The van der Waals surface area contributed by atoms with Crippen molar-refractivity contribution in [2.75, 3.05) is 43.0 Å². The summed E-state index contributed by atoms with van der Waals surface area (Å²) in [5, 5.41) is 12.3. The van der Waals surface area contributed by atoms with Crippen LogP contribution in [0.2, 0.25) is 0 Å². The fraction of sp³-hybridized carbons (Fsp3) is 0.462. The third-order valence-corrected chi connectivity index (χ3v) is 3.84. The van der Waals surface area contributed by atoms with Gasteiger partial charge in [-0.1, -0.05) is 12.1 Å². The molecule has 90 valence electrons. The predicted molar refractivity (Wildman–Crippen MR) is 73.4 cm³/mol. The lowest BCUT2D eigenvalue weighted by atomic mass is 10.2. The molecule has 1 aromatic rings. The summed E-state index contributed by atoms with van der Waals surface area (Å²) in [6.07, 6.45) is 0. The van der Waals surface area contributed by atoms with E-state index < -0.39 is 0 Å². The number of nitrogens with zero attached hydrogens (tertiary/aromatic N) is 2. The van der Waals surface area contributed by atoms with E-state index in [1.54, 1.807) is 0 Å². The molecule has 1 saturated heterocycles. The Morgan fingerprint density at radius 2 is 2.06 bits per heavy atom. The minimum atomic E-state index is 0.724. The van der Waals surface area contributed by atoms with Crippen LogP contribution in [-0.4, -0.2) is 42.6 Å². The number of para-hydroxylation sites is 1. The molecule has 1 aromatic carbocycles. The molecule has 2 rings (SSSR count). The second kappa shape index (κ2) is 6.53. The highest BCUT2D eigenvalue weighted by Crippen LogP contribution is 2.13. The van der Waals surface area contributed by atoms with E-state index in [-0.39, 0.29) is 0 Å². The molecule has 1 heterocycles. The van der Waals surface area contributed by atoms with Crippen LogP contribution in [0.1, 0.15) is 5.56 Å². The van der Waals surface area contributed by atoms with Gasteiger partial charge in [-0.05, 0) is 12.1 Å². The summed E-state index contributed by atoms with van der Waals surface area (Å²) in [5.41, 5.74) is 1.67. The van der Waals surface area contributed by atoms with Crippen LogP contribution in [0.5, 0.6) is 0 Å². The SMILES string of the molecule is N#Cc1ccccc1NCCN1CCSCC1. The summed E-state index contributed by atoms with van der Waals surface area (Å²) in [4.78, 5) is 2.47. The largest absolute Gasteiger partial charge is 0.383 e. The van der Waals surface area contributed by atoms with E-state index >= 15 is 0 Å². The Morgan fingerprint density at radius 1 is 1.29 bits per heavy atom. The molecule has 1 aliphatic heterocycles. The maximum atomic E-state index is 8.96. The van der Waals surface area contributed by atoms with E-state index in [2.05, 4.69) is 16.3 Å². The Labute approximate surface area is 107 Å². The first-order valence-corrected chi connectivity index (χ1v) is 7.09. The van der Waals surface area contributed by atoms with E-state index in [0.29, 0.717) is 0 Å². The average Bonchev–Trinajstić information content (AvgIpc) is 2.40. The molecule has 3 nitrogen and oxygen atoms in total. The summed E-state index contributed by atoms with van der Waals surface area (Å²) in [7, 11) is 0. The van der Waals surface area contributed by atoms with Crippen molar-refractivity contribution >= 4 is 17.4 Å². The monoisotopic (exact) mass is 247 g/mol. The summed E-state index contributed by atoms with van der Waals surface area (Å²) in [6.45, 7) is 4.34. The molecule has 17 heavy (non-hydrogen) atoms. The first-order valence-electron chi connectivity index (χ1n) is 5.93. The molecular weight excluding hydrogens is 230 g/mol. The molecule has 1 N–H and O–H groups in total. The van der Waals surface area contributed by atoms with Gasteiger partial charge >= 0.3 is 0 Å². The van der Waals surface area contributed by atoms with Crippen molar-refractivity contribution in [1.29, 1.82) is 5.26 Å². The molecule has 1 fully saturated rings. The highest BCUT2D eigenvalue weighted by atomic mass is 32.2. The Morgan fingerprint density at radius 3 is 2.82 bits per heavy atom. The van der Waals surface area contributed by atoms with Gasteiger partial charge in [-0.3, -0.25) is 4.90 Å². The van der Waals surface area contributed by atoms with Crippen molar-refractivity contribution in [3.05, 3.63) is 29.8 Å². The van der Waals surface area contributed by atoms with Gasteiger partial charge in [0, 0.05) is 37.7 Å². The van der Waals surface area contributed by atoms with Crippen molar-refractivity contribution in [3.63, 3.8) is 0 Å². The van der Waals surface area contributed by atoms with E-state index in [4.69, 9.17) is 5.26 Å². The van der Waals surface area contributed by atoms with Gasteiger partial charge in [-0.15, -0.1) is 0 Å². The standard InChI is InChI=1S/C13H17N3S/c14-11-12-3-1-2-4-13(12)15-5-6-16-7-9-17-10-8-16/h1-4,15H,5-10H2. The van der Waals surface area contributed by atoms with E-state index in [1.807, 2.05) is 36.0 Å². The number of hydrogen-bond acceptors (Lipinski definition) is 4. The predicted octanol–water partition coefficient (Wildman–Crippen LogP) is 2.02. The summed E-state index contributed by atoms with van der Waals surface area (Å²) < 4.78 is 0. The Balaban J connectivity index is 1.79. The Hall–Kier alpha value is -1.18. The zero-order chi connectivity index (χ0) is 11.9. The second-order valence-corrected chi connectivity index (χ2v) is 5.26. The first kappa shape index (κ1) is 12.3. The van der Waals surface area contributed by atoms with Crippen LogP contribution in [0.3, 0.4) is 0 Å². The zero-order valence-corrected chi connectivity index (χ0v) is 10.7. The van der Waals surface area contributed by atoms with Crippen molar-refractivity contribution in [1.82, 2.24) is 4.90 Å². The maximum absolute atomic E-state index is 8.96. The number of rotatable bonds is 4. The van der Waals surface area contributed by atoms with Gasteiger partial charge in [-0.2, -0.15) is 17.0 Å². The summed E-state index contributed by atoms with van der Waals surface area (Å²) in [6, 6.07) is 9.87. The number of nitrogens with one attached hydrogen (secondary N) is 1. The topological polar surface area (TPSA) is 39.1 Å². The second-order valence-electron chi connectivity index (χ2n) is 4.04. The van der Waals surface area contributed by atoms with Gasteiger partial charge in [0.15, 0.2) is 0 Å². The lowest BCUT2D eigenvalue weighted by Gasteiger charge is -2.26. The van der Waals surface area contributed by atoms with Gasteiger partial charge in [0.1, 0.15) is 6.07 Å². The first-order chi connectivity index (χ1) is 8.40. The third kappa shape index (κ3) is 3.65. The van der Waals surface area contributed by atoms with Crippen molar-refractivity contribution < 1.29 is 0 Å². The molecule has 0 radical (unpaired) electrons. The van der Waals surface area contributed by atoms with Crippen molar-refractivity contribution in [2.45, 2.75) is 0 Å². The van der Waals surface area contributed by atoms with Crippen LogP contribution in [0.15, 0.2) is 24.3 Å². The molecule has 0 amide bonds. The quantitative estimate of drug-likeness (QED) is 0.883. The Kier molecular flexibility index (Phi) is 4.72. The summed E-state index contributed by atoms with van der Waals surface area (Å²) in [5.74, 6) is 2.49. The normalized spacial score (nSPS) is 16.4. The number of anilines is 1. The van der Waals surface area contributed by atoms with E-state index in [1.165, 1.54) is 24.6 Å². The molecule has 0 aliphatic carbocycles. The molecule has 0 bridgehead atoms. The Bertz CT molecular complexity index is 394. The molecule has 0 spiro atoms. The van der Waals surface area contributed by atoms with Crippen LogP contribution in [-0.2, 0) is 0 Å². The summed E-state index contributed by atoms with van der Waals surface area (Å²) >= 11 is 2.03. The lowest BCUT2D eigenvalue weighted by Crippen LogP contribution is -2.36. The minimum absolute atomic E-state index is 0.724. The van der Waals surface area contributed by atoms with Crippen LogP contribution in [0.4, 0.5) is 5.69 Å². The third-order valence-electron chi connectivity index (χ3n) is 2.89. The van der Waals surface area contributed by atoms with E-state index in [0.717, 1.165) is 24.3 Å². The van der Waals surface area contributed by atoms with Gasteiger partial charge in [0.25, 0.3) is 0 Å². The molecule has 0 atom stereocenters. The van der Waals surface area contributed by atoms with Crippen molar-refractivity contribution in [3.8, 4) is 6.07 Å². The van der Waals surface area contributed by atoms with Crippen LogP contribution >= 0.6 is 11.8 Å². The molecule has 0 aromatic heterocycles. The fourth-order valence-electron chi connectivity index (χ4n) is 1.91. The number of nitriles is 1. The lowest BCUT2D eigenvalue weighted by molar-refractivity contribution is 0.314. The van der Waals surface area contributed by atoms with Crippen LogP contribution in [0.25, 0.3) is 0 Å². The average molecular weight is 247 g/mol. The van der Waals surface area contributed by atoms with Gasteiger partial charge < -0.3 is 5.32 Å². The molecule has 1 aliphatic rings. The highest BCUT2D eigenvalue weighted by molar-refractivity contribution is 7.99. The highest BCUT2D eigenvalue weighted by Gasteiger charge is 2.09. The molecule has 0 unspecified atom stereocenters. The van der Waals surface area contributed by atoms with Crippen LogP contribution in [0, 0.1) is 11.3 Å². The van der Waals surface area contributed by atoms with Crippen LogP contribution < -0.4 is 5.32 Å². The van der Waals surface area contributed by atoms with Gasteiger partial charge in [0.2, 0.25) is 0 Å². The number of thioether (sulfide) groups is 1. The van der Waals surface area contributed by atoms with Crippen molar-refractivity contribution in [2.24, 2.45) is 0 Å². The number of benzene rings is 1. The molecule has 0 saturated carbocycles. The minimum Gasteiger partial charge on any atom is -0.383 e. The maximum Gasteiger partial charge on any atom is 0.101 e. The van der Waals surface area contributed by atoms with E-state index in [9.17, 15) is 0 Å². The zero-order valence-electron chi connectivity index (χ0n) is 9.85. The fourth-order valence-corrected chi connectivity index (χ4v) is 2.89. The molecule has 4 heteroatoms. The van der Waals surface area contributed by atoms with Gasteiger partial charge in [0.05, 0.1) is 11.3 Å². The molecular formula is C13H17N3S. The smallest absolute Gasteiger partial charge is 0.101 e. The number of hydrogen-bond donors (Lipinski definition) is 1.